The molecule has 1 N–H and O–H groups in total. The summed E-state index contributed by atoms with van der Waals surface area (Å²) in [5.41, 5.74) is 1.38. The van der Waals surface area contributed by atoms with Gasteiger partial charge in [-0.05, 0) is 45.7 Å². The molecule has 0 saturated heterocycles. The van der Waals surface area contributed by atoms with Gasteiger partial charge in [0.15, 0.2) is 0 Å². The van der Waals surface area contributed by atoms with E-state index in [4.69, 9.17) is 4.74 Å². The third-order valence-electron chi connectivity index (χ3n) is 3.67. The normalized spacial score (nSPS) is 16.7. The minimum absolute atomic E-state index is 0.0202. The smallest absolute Gasteiger partial charge is 0.410 e. The summed E-state index contributed by atoms with van der Waals surface area (Å²) in [5.74, 6) is -0.153. The molecule has 1 aliphatic rings. The molecule has 0 saturated carbocycles. The van der Waals surface area contributed by atoms with Crippen molar-refractivity contribution < 1.29 is 14.3 Å². The SMILES string of the molecule is CN(CCCC1C(=O)Nc2cccc(Br)c21)C(=O)OC(C)(C)C. The molecular weight excluding hydrogens is 360 g/mol. The molecule has 0 fully saturated rings. The largest absolute Gasteiger partial charge is 0.444 e. The Morgan fingerprint density at radius 1 is 1.39 bits per heavy atom. The number of nitrogens with one attached hydrogen (secondary N) is 1. The Labute approximate surface area is 145 Å². The lowest BCUT2D eigenvalue weighted by Crippen LogP contribution is -2.34. The van der Waals surface area contributed by atoms with Crippen LogP contribution in [0.2, 0.25) is 0 Å². The van der Waals surface area contributed by atoms with Crippen LogP contribution in [0.1, 0.15) is 45.1 Å². The van der Waals surface area contributed by atoms with E-state index in [1.54, 1.807) is 11.9 Å². The number of halogens is 1. The molecule has 0 aromatic heterocycles. The summed E-state index contributed by atoms with van der Waals surface area (Å²) in [4.78, 5) is 25.6. The van der Waals surface area contributed by atoms with E-state index in [0.29, 0.717) is 13.0 Å². The first kappa shape index (κ1) is 17.8. The van der Waals surface area contributed by atoms with Crippen LogP contribution < -0.4 is 5.32 Å². The maximum atomic E-state index is 12.1. The lowest BCUT2D eigenvalue weighted by atomic mass is 9.95. The number of hydrogen-bond donors (Lipinski definition) is 1. The van der Waals surface area contributed by atoms with Crippen LogP contribution in [0.25, 0.3) is 0 Å². The first-order valence-electron chi connectivity index (χ1n) is 7.72. The first-order valence-corrected chi connectivity index (χ1v) is 8.52. The van der Waals surface area contributed by atoms with E-state index in [1.807, 2.05) is 39.0 Å². The number of hydrogen-bond acceptors (Lipinski definition) is 3. The second-order valence-corrected chi connectivity index (χ2v) is 7.64. The van der Waals surface area contributed by atoms with Crippen LogP contribution in [0.3, 0.4) is 0 Å². The van der Waals surface area contributed by atoms with Crippen LogP contribution in [0.15, 0.2) is 22.7 Å². The Morgan fingerprint density at radius 2 is 2.09 bits per heavy atom. The van der Waals surface area contributed by atoms with Gasteiger partial charge >= 0.3 is 6.09 Å². The zero-order valence-electron chi connectivity index (χ0n) is 14.0. The van der Waals surface area contributed by atoms with Gasteiger partial charge in [-0.15, -0.1) is 0 Å². The second kappa shape index (κ2) is 6.91. The molecule has 1 heterocycles. The molecule has 1 aliphatic heterocycles. The molecule has 2 amide bonds. The van der Waals surface area contributed by atoms with Gasteiger partial charge in [-0.2, -0.15) is 0 Å². The Kier molecular flexibility index (Phi) is 5.34. The molecule has 1 aromatic rings. The summed E-state index contributed by atoms with van der Waals surface area (Å²) in [5, 5.41) is 2.91. The van der Waals surface area contributed by atoms with Gasteiger partial charge in [0.25, 0.3) is 0 Å². The lowest BCUT2D eigenvalue weighted by Gasteiger charge is -2.24. The average Bonchev–Trinajstić information content (AvgIpc) is 2.74. The van der Waals surface area contributed by atoms with Crippen molar-refractivity contribution in [3.8, 4) is 0 Å². The van der Waals surface area contributed by atoms with Crippen LogP contribution in [0, 0.1) is 0 Å². The molecule has 1 unspecified atom stereocenters. The molecule has 0 radical (unpaired) electrons. The predicted molar refractivity (Wildman–Crippen MR) is 93.6 cm³/mol. The molecule has 0 aliphatic carbocycles. The van der Waals surface area contributed by atoms with Crippen LogP contribution in [-0.2, 0) is 9.53 Å². The summed E-state index contributed by atoms with van der Waals surface area (Å²) >= 11 is 3.52. The fourth-order valence-electron chi connectivity index (χ4n) is 2.59. The third-order valence-corrected chi connectivity index (χ3v) is 4.36. The summed E-state index contributed by atoms with van der Waals surface area (Å²) in [6.07, 6.45) is 1.08. The van der Waals surface area contributed by atoms with Crippen molar-refractivity contribution in [1.29, 1.82) is 0 Å². The molecule has 0 bridgehead atoms. The number of carbonyl (C=O) groups excluding carboxylic acids is 2. The number of fused-ring (bicyclic) bond motifs is 1. The van der Waals surface area contributed by atoms with E-state index in [9.17, 15) is 9.59 Å². The van der Waals surface area contributed by atoms with Crippen molar-refractivity contribution in [2.24, 2.45) is 0 Å². The Morgan fingerprint density at radius 3 is 2.74 bits per heavy atom. The minimum Gasteiger partial charge on any atom is -0.444 e. The van der Waals surface area contributed by atoms with E-state index in [2.05, 4.69) is 21.2 Å². The van der Waals surface area contributed by atoms with Gasteiger partial charge in [0.2, 0.25) is 5.91 Å². The monoisotopic (exact) mass is 382 g/mol. The standard InChI is InChI=1S/C17H23BrN2O3/c1-17(2,3)23-16(22)20(4)10-6-7-11-14-12(18)8-5-9-13(14)19-15(11)21/h5,8-9,11H,6-7,10H2,1-4H3,(H,19,21). The molecule has 23 heavy (non-hydrogen) atoms. The molecule has 1 atom stereocenters. The Balaban J connectivity index is 1.90. The highest BCUT2D eigenvalue weighted by Gasteiger charge is 2.32. The Bertz CT molecular complexity index is 610. The molecule has 0 spiro atoms. The van der Waals surface area contributed by atoms with E-state index in [1.165, 1.54) is 0 Å². The van der Waals surface area contributed by atoms with Crippen LogP contribution in [0.4, 0.5) is 10.5 Å². The van der Waals surface area contributed by atoms with Crippen molar-refractivity contribution in [2.75, 3.05) is 18.9 Å². The van der Waals surface area contributed by atoms with Crippen LogP contribution in [0.5, 0.6) is 0 Å². The maximum absolute atomic E-state index is 12.1. The van der Waals surface area contributed by atoms with Gasteiger partial charge in [0.05, 0.1) is 5.92 Å². The molecule has 2 rings (SSSR count). The predicted octanol–water partition coefficient (Wildman–Crippen LogP) is 4.13. The van der Waals surface area contributed by atoms with Crippen molar-refractivity contribution >= 4 is 33.6 Å². The zero-order chi connectivity index (χ0) is 17.2. The highest BCUT2D eigenvalue weighted by Crippen LogP contribution is 2.40. The first-order chi connectivity index (χ1) is 10.7. The van der Waals surface area contributed by atoms with E-state index in [0.717, 1.165) is 22.1 Å². The number of anilines is 1. The minimum atomic E-state index is -0.500. The molecular formula is C17H23BrN2O3. The van der Waals surface area contributed by atoms with Gasteiger partial charge in [-0.1, -0.05) is 22.0 Å². The number of ether oxygens (including phenoxy) is 1. The average molecular weight is 383 g/mol. The number of carbonyl (C=O) groups is 2. The highest BCUT2D eigenvalue weighted by atomic mass is 79.9. The summed E-state index contributed by atoms with van der Waals surface area (Å²) in [7, 11) is 1.71. The summed E-state index contributed by atoms with van der Waals surface area (Å²) < 4.78 is 6.26. The number of rotatable bonds is 4. The van der Waals surface area contributed by atoms with Crippen molar-refractivity contribution in [3.63, 3.8) is 0 Å². The van der Waals surface area contributed by atoms with Gasteiger partial charge in [-0.25, -0.2) is 4.79 Å². The molecule has 6 heteroatoms. The molecule has 126 valence electrons. The number of amides is 2. The molecule has 5 nitrogen and oxygen atoms in total. The molecule has 1 aromatic carbocycles. The lowest BCUT2D eigenvalue weighted by molar-refractivity contribution is -0.117. The summed E-state index contributed by atoms with van der Waals surface area (Å²) in [6.45, 7) is 6.08. The topological polar surface area (TPSA) is 58.6 Å². The van der Waals surface area contributed by atoms with Crippen molar-refractivity contribution in [3.05, 3.63) is 28.2 Å². The van der Waals surface area contributed by atoms with Crippen molar-refractivity contribution in [1.82, 2.24) is 4.90 Å². The Hall–Kier alpha value is -1.56. The van der Waals surface area contributed by atoms with Crippen molar-refractivity contribution in [2.45, 2.75) is 45.1 Å². The quantitative estimate of drug-likeness (QED) is 0.851. The third kappa shape index (κ3) is 4.47. The van der Waals surface area contributed by atoms with Gasteiger partial charge in [0.1, 0.15) is 5.60 Å². The summed E-state index contributed by atoms with van der Waals surface area (Å²) in [6, 6.07) is 5.76. The van der Waals surface area contributed by atoms with E-state index < -0.39 is 5.60 Å². The van der Waals surface area contributed by atoms with E-state index in [-0.39, 0.29) is 17.9 Å². The zero-order valence-corrected chi connectivity index (χ0v) is 15.6. The fraction of sp³-hybridized carbons (Fsp3) is 0.529. The van der Waals surface area contributed by atoms with E-state index >= 15 is 0 Å². The number of nitrogens with zero attached hydrogens (tertiary/aromatic N) is 1. The van der Waals surface area contributed by atoms with Gasteiger partial charge in [0, 0.05) is 29.3 Å². The number of benzene rings is 1. The van der Waals surface area contributed by atoms with Crippen LogP contribution in [-0.4, -0.2) is 36.1 Å². The second-order valence-electron chi connectivity index (χ2n) is 6.79. The fourth-order valence-corrected chi connectivity index (χ4v) is 3.23. The van der Waals surface area contributed by atoms with Crippen LogP contribution >= 0.6 is 15.9 Å². The highest BCUT2D eigenvalue weighted by molar-refractivity contribution is 9.10. The van der Waals surface area contributed by atoms with Gasteiger partial charge in [-0.3, -0.25) is 4.79 Å². The maximum Gasteiger partial charge on any atom is 0.410 e. The van der Waals surface area contributed by atoms with Gasteiger partial charge < -0.3 is 15.0 Å².